The van der Waals surface area contributed by atoms with E-state index in [1.165, 1.54) is 5.56 Å². The third-order valence-electron chi connectivity index (χ3n) is 6.46. The Morgan fingerprint density at radius 1 is 1.24 bits per heavy atom. The number of likely N-dealkylation sites (tertiary alicyclic amines) is 1. The number of halogens is 1. The molecule has 0 amide bonds. The Morgan fingerprint density at radius 3 is 2.76 bits per heavy atom. The minimum absolute atomic E-state index is 0.0338. The van der Waals surface area contributed by atoms with Gasteiger partial charge in [-0.15, -0.1) is 0 Å². The summed E-state index contributed by atoms with van der Waals surface area (Å²) in [6, 6.07) is 13.8. The summed E-state index contributed by atoms with van der Waals surface area (Å²) >= 11 is 6.15. The van der Waals surface area contributed by atoms with Gasteiger partial charge in [0.1, 0.15) is 11.5 Å². The molecule has 152 valence electrons. The number of aryl methyl sites for hydroxylation is 1. The van der Waals surface area contributed by atoms with Crippen molar-refractivity contribution in [1.82, 2.24) is 4.90 Å². The molecule has 0 radical (unpaired) electrons. The number of methoxy groups -OCH3 is 1. The molecule has 29 heavy (non-hydrogen) atoms. The molecule has 1 saturated heterocycles. The molecule has 1 aliphatic carbocycles. The second kappa shape index (κ2) is 7.85. The monoisotopic (exact) mass is 411 g/mol. The molecule has 1 aliphatic heterocycles. The zero-order valence-corrected chi connectivity index (χ0v) is 17.8. The summed E-state index contributed by atoms with van der Waals surface area (Å²) in [5.41, 5.74) is 2.91. The molecule has 4 rings (SSSR count). The highest BCUT2D eigenvalue weighted by Gasteiger charge is 2.49. The smallest absolute Gasteiger partial charge is 0.344 e. The van der Waals surface area contributed by atoms with Crippen molar-refractivity contribution >= 4 is 17.6 Å². The van der Waals surface area contributed by atoms with E-state index < -0.39 is 5.97 Å². The zero-order chi connectivity index (χ0) is 20.6. The Balaban J connectivity index is 1.60. The number of carbonyl (C=O) groups is 1. The Hall–Kier alpha value is -2.30. The summed E-state index contributed by atoms with van der Waals surface area (Å²) in [5, 5.41) is 0.412. The molecule has 1 heterocycles. The first kappa shape index (κ1) is 20.0. The van der Waals surface area contributed by atoms with Crippen LogP contribution in [0.25, 0.3) is 0 Å². The Labute approximate surface area is 177 Å². The predicted octanol–water partition coefficient (Wildman–Crippen LogP) is 5.13. The van der Waals surface area contributed by atoms with Crippen LogP contribution in [0.15, 0.2) is 54.3 Å². The number of benzene rings is 2. The van der Waals surface area contributed by atoms with Crippen LogP contribution >= 0.6 is 11.6 Å². The number of carbonyl (C=O) groups excluding carboxylic acids is 1. The highest BCUT2D eigenvalue weighted by Crippen LogP contribution is 2.48. The summed E-state index contributed by atoms with van der Waals surface area (Å²) in [6.45, 7) is 3.11. The van der Waals surface area contributed by atoms with Crippen LogP contribution in [-0.2, 0) is 10.2 Å². The summed E-state index contributed by atoms with van der Waals surface area (Å²) < 4.78 is 11.2. The van der Waals surface area contributed by atoms with Gasteiger partial charge in [0.25, 0.3) is 0 Å². The lowest BCUT2D eigenvalue weighted by molar-refractivity contribution is 0.0580. The number of ether oxygens (including phenoxy) is 2. The molecule has 1 fully saturated rings. The van der Waals surface area contributed by atoms with Gasteiger partial charge in [0.05, 0.1) is 17.7 Å². The molecule has 0 spiro atoms. The molecular formula is C24H26ClNO3. The molecule has 0 unspecified atom stereocenters. The van der Waals surface area contributed by atoms with E-state index in [1.54, 1.807) is 31.4 Å². The highest BCUT2D eigenvalue weighted by molar-refractivity contribution is 6.33. The predicted molar refractivity (Wildman–Crippen MR) is 115 cm³/mol. The highest BCUT2D eigenvalue weighted by atomic mass is 35.5. The Kier molecular flexibility index (Phi) is 5.41. The maximum absolute atomic E-state index is 12.6. The molecule has 0 aromatic heterocycles. The van der Waals surface area contributed by atoms with Gasteiger partial charge in [0, 0.05) is 17.9 Å². The fourth-order valence-electron chi connectivity index (χ4n) is 4.81. The number of allylic oxidation sites excluding steroid dienone is 1. The van der Waals surface area contributed by atoms with E-state index in [0.717, 1.165) is 36.5 Å². The molecule has 2 aromatic rings. The summed E-state index contributed by atoms with van der Waals surface area (Å²) in [5.74, 6) is 1.25. The molecule has 2 aliphatic rings. The number of esters is 1. The summed E-state index contributed by atoms with van der Waals surface area (Å²) in [6.07, 6.45) is 4.73. The van der Waals surface area contributed by atoms with E-state index >= 15 is 0 Å². The van der Waals surface area contributed by atoms with Crippen molar-refractivity contribution < 1.29 is 14.3 Å². The van der Waals surface area contributed by atoms with Gasteiger partial charge in [-0.2, -0.15) is 0 Å². The number of likely N-dealkylation sites (N-methyl/N-ethyl adjacent to an activating group) is 1. The minimum Gasteiger partial charge on any atom is -0.496 e. The van der Waals surface area contributed by atoms with E-state index in [2.05, 4.69) is 43.1 Å². The van der Waals surface area contributed by atoms with Crippen LogP contribution in [0.5, 0.6) is 5.75 Å². The quantitative estimate of drug-likeness (QED) is 0.653. The SMILES string of the molecule is COc1ccc([C@@]23CC=C(OC(=O)c4ccccc4Cl)C[C@@H]2N(C)CC3)cc1C. The van der Waals surface area contributed by atoms with Crippen LogP contribution < -0.4 is 4.74 Å². The average molecular weight is 412 g/mol. The van der Waals surface area contributed by atoms with Crippen LogP contribution in [0.1, 0.15) is 40.7 Å². The van der Waals surface area contributed by atoms with Crippen LogP contribution in [0.4, 0.5) is 0 Å². The third kappa shape index (κ3) is 3.56. The number of hydrogen-bond donors (Lipinski definition) is 0. The van der Waals surface area contributed by atoms with Gasteiger partial charge in [-0.3, -0.25) is 0 Å². The van der Waals surface area contributed by atoms with Gasteiger partial charge in [-0.1, -0.05) is 35.9 Å². The topological polar surface area (TPSA) is 38.8 Å². The number of rotatable bonds is 4. The normalized spacial score (nSPS) is 24.0. The van der Waals surface area contributed by atoms with Crippen molar-refractivity contribution in [3.63, 3.8) is 0 Å². The van der Waals surface area contributed by atoms with Gasteiger partial charge in [-0.05, 0) is 68.8 Å². The fourth-order valence-corrected chi connectivity index (χ4v) is 5.02. The van der Waals surface area contributed by atoms with E-state index in [9.17, 15) is 4.79 Å². The molecule has 4 nitrogen and oxygen atoms in total. The molecule has 2 aromatic carbocycles. The molecular weight excluding hydrogens is 386 g/mol. The second-order valence-corrected chi connectivity index (χ2v) is 8.44. The molecule has 0 bridgehead atoms. The van der Waals surface area contributed by atoms with Gasteiger partial charge in [0.2, 0.25) is 0 Å². The Morgan fingerprint density at radius 2 is 2.03 bits per heavy atom. The molecule has 0 N–H and O–H groups in total. The van der Waals surface area contributed by atoms with Gasteiger partial charge in [0.15, 0.2) is 0 Å². The van der Waals surface area contributed by atoms with E-state index in [1.807, 2.05) is 0 Å². The first-order chi connectivity index (χ1) is 13.9. The van der Waals surface area contributed by atoms with Gasteiger partial charge < -0.3 is 14.4 Å². The standard InChI is InChI=1S/C24H26ClNO3/c1-16-14-17(8-9-21(16)28-3)24-11-10-18(15-22(24)26(2)13-12-24)29-23(27)19-6-4-5-7-20(19)25/h4-10,14,22H,11-13,15H2,1-3H3/t22-,24-/m0/s1. The lowest BCUT2D eigenvalue weighted by Crippen LogP contribution is -2.43. The van der Waals surface area contributed by atoms with Crippen LogP contribution in [0.3, 0.4) is 0 Å². The first-order valence-electron chi connectivity index (χ1n) is 9.96. The molecule has 0 saturated carbocycles. The maximum Gasteiger partial charge on any atom is 0.344 e. The van der Waals surface area contributed by atoms with Crippen molar-refractivity contribution in [2.75, 3.05) is 20.7 Å². The minimum atomic E-state index is -0.393. The van der Waals surface area contributed by atoms with Crippen molar-refractivity contribution in [2.45, 2.75) is 37.6 Å². The first-order valence-corrected chi connectivity index (χ1v) is 10.3. The van der Waals surface area contributed by atoms with Crippen molar-refractivity contribution in [3.8, 4) is 5.75 Å². The van der Waals surface area contributed by atoms with Gasteiger partial charge in [-0.25, -0.2) is 4.79 Å². The number of fused-ring (bicyclic) bond motifs is 1. The van der Waals surface area contributed by atoms with Crippen LogP contribution in [-0.4, -0.2) is 37.6 Å². The van der Waals surface area contributed by atoms with Gasteiger partial charge >= 0.3 is 5.97 Å². The molecule has 5 heteroatoms. The summed E-state index contributed by atoms with van der Waals surface area (Å²) in [4.78, 5) is 15.0. The Bertz CT molecular complexity index is 970. The lowest BCUT2D eigenvalue weighted by atomic mass is 9.68. The van der Waals surface area contributed by atoms with E-state index in [4.69, 9.17) is 21.1 Å². The number of nitrogens with zero attached hydrogens (tertiary/aromatic N) is 1. The number of hydrogen-bond acceptors (Lipinski definition) is 4. The van der Waals surface area contributed by atoms with Crippen LogP contribution in [0.2, 0.25) is 5.02 Å². The maximum atomic E-state index is 12.6. The third-order valence-corrected chi connectivity index (χ3v) is 6.79. The lowest BCUT2D eigenvalue weighted by Gasteiger charge is -2.41. The van der Waals surface area contributed by atoms with Crippen molar-refractivity contribution in [3.05, 3.63) is 76.0 Å². The van der Waals surface area contributed by atoms with E-state index in [0.29, 0.717) is 17.0 Å². The largest absolute Gasteiger partial charge is 0.496 e. The van der Waals surface area contributed by atoms with Crippen LogP contribution in [0, 0.1) is 6.92 Å². The molecule has 2 atom stereocenters. The van der Waals surface area contributed by atoms with Crippen molar-refractivity contribution in [1.29, 1.82) is 0 Å². The fraction of sp³-hybridized carbons (Fsp3) is 0.375. The summed E-state index contributed by atoms with van der Waals surface area (Å²) in [7, 11) is 3.86. The average Bonchev–Trinajstić information content (AvgIpc) is 3.05. The second-order valence-electron chi connectivity index (χ2n) is 8.03. The van der Waals surface area contributed by atoms with Crippen molar-refractivity contribution in [2.24, 2.45) is 0 Å². The zero-order valence-electron chi connectivity index (χ0n) is 17.1. The van der Waals surface area contributed by atoms with E-state index in [-0.39, 0.29) is 11.5 Å².